The lowest BCUT2D eigenvalue weighted by molar-refractivity contribution is -0.117. The molecule has 1 amide bonds. The SMILES string of the molecule is O=C(C1=C(O)C(=O)N(c2nnc(SCc3ccccc3)s2)C1c1cccc(OCc2ccccc2)c1)c1ccco1. The van der Waals surface area contributed by atoms with Crippen molar-refractivity contribution in [2.24, 2.45) is 0 Å². The zero-order chi connectivity index (χ0) is 28.2. The Morgan fingerprint density at radius 2 is 1.71 bits per heavy atom. The predicted molar refractivity (Wildman–Crippen MR) is 156 cm³/mol. The summed E-state index contributed by atoms with van der Waals surface area (Å²) in [7, 11) is 0. The van der Waals surface area contributed by atoms with Gasteiger partial charge in [0.05, 0.1) is 17.9 Å². The van der Waals surface area contributed by atoms with E-state index in [0.29, 0.717) is 28.0 Å². The average Bonchev–Trinajstić information content (AvgIpc) is 3.77. The first kappa shape index (κ1) is 26.5. The van der Waals surface area contributed by atoms with E-state index in [0.717, 1.165) is 11.1 Å². The van der Waals surface area contributed by atoms with Crippen LogP contribution in [-0.2, 0) is 17.2 Å². The molecule has 3 heterocycles. The fraction of sp³-hybridized carbons (Fsp3) is 0.0968. The van der Waals surface area contributed by atoms with E-state index in [1.165, 1.54) is 40.3 Å². The quantitative estimate of drug-likeness (QED) is 0.109. The molecule has 2 aromatic heterocycles. The molecule has 0 aliphatic carbocycles. The number of aliphatic hydroxyl groups excluding tert-OH is 1. The van der Waals surface area contributed by atoms with Crippen LogP contribution in [0.4, 0.5) is 5.13 Å². The number of Topliss-reactive ketones (excluding diaryl/α,β-unsaturated/α-hetero) is 1. The van der Waals surface area contributed by atoms with Crippen LogP contribution in [0.25, 0.3) is 0 Å². The van der Waals surface area contributed by atoms with Crippen LogP contribution in [-0.4, -0.2) is 27.0 Å². The van der Waals surface area contributed by atoms with E-state index >= 15 is 0 Å². The maximum atomic E-state index is 13.5. The third-order valence-corrected chi connectivity index (χ3v) is 8.55. The van der Waals surface area contributed by atoms with Crippen LogP contribution < -0.4 is 9.64 Å². The minimum Gasteiger partial charge on any atom is -0.503 e. The van der Waals surface area contributed by atoms with Crippen LogP contribution in [0, 0.1) is 0 Å². The molecule has 10 heteroatoms. The van der Waals surface area contributed by atoms with Crippen molar-refractivity contribution in [3.8, 4) is 5.75 Å². The van der Waals surface area contributed by atoms with E-state index in [1.807, 2.05) is 60.7 Å². The van der Waals surface area contributed by atoms with Crippen LogP contribution in [0.1, 0.15) is 33.3 Å². The molecule has 6 rings (SSSR count). The van der Waals surface area contributed by atoms with Crippen LogP contribution in [0.2, 0.25) is 0 Å². The van der Waals surface area contributed by atoms with Crippen molar-refractivity contribution in [2.45, 2.75) is 22.7 Å². The molecule has 1 unspecified atom stereocenters. The summed E-state index contributed by atoms with van der Waals surface area (Å²) in [5.74, 6) is -0.742. The predicted octanol–water partition coefficient (Wildman–Crippen LogP) is 6.79. The molecule has 0 saturated carbocycles. The van der Waals surface area contributed by atoms with Gasteiger partial charge in [0.1, 0.15) is 12.4 Å². The fourth-order valence-corrected chi connectivity index (χ4v) is 6.31. The first-order chi connectivity index (χ1) is 20.1. The average molecular weight is 582 g/mol. The van der Waals surface area contributed by atoms with E-state index < -0.39 is 23.5 Å². The molecule has 0 saturated heterocycles. The normalized spacial score (nSPS) is 15.0. The number of ether oxygens (including phenoxy) is 1. The summed E-state index contributed by atoms with van der Waals surface area (Å²) in [6.07, 6.45) is 1.37. The zero-order valence-electron chi connectivity index (χ0n) is 21.5. The Bertz CT molecular complexity index is 1700. The number of nitrogens with zero attached hydrogens (tertiary/aromatic N) is 3. The molecular formula is C31H23N3O5S2. The first-order valence-corrected chi connectivity index (χ1v) is 14.5. The molecule has 3 aromatic carbocycles. The largest absolute Gasteiger partial charge is 0.503 e. The second-order valence-corrected chi connectivity index (χ2v) is 11.3. The maximum Gasteiger partial charge on any atom is 0.296 e. The van der Waals surface area contributed by atoms with Crippen LogP contribution in [0.3, 0.4) is 0 Å². The van der Waals surface area contributed by atoms with Gasteiger partial charge in [-0.15, -0.1) is 10.2 Å². The van der Waals surface area contributed by atoms with Crippen molar-refractivity contribution in [3.05, 3.63) is 137 Å². The molecule has 1 aliphatic heterocycles. The van der Waals surface area contributed by atoms with E-state index in [4.69, 9.17) is 9.15 Å². The van der Waals surface area contributed by atoms with Crippen LogP contribution >= 0.6 is 23.1 Å². The summed E-state index contributed by atoms with van der Waals surface area (Å²) >= 11 is 2.71. The van der Waals surface area contributed by atoms with Crippen molar-refractivity contribution in [3.63, 3.8) is 0 Å². The highest BCUT2D eigenvalue weighted by molar-refractivity contribution is 8.00. The molecule has 1 aliphatic rings. The Kier molecular flexibility index (Phi) is 7.66. The molecule has 1 atom stereocenters. The number of carbonyl (C=O) groups excluding carboxylic acids is 2. The smallest absolute Gasteiger partial charge is 0.296 e. The second kappa shape index (κ2) is 11.8. The van der Waals surface area contributed by atoms with Gasteiger partial charge in [0.15, 0.2) is 15.9 Å². The monoisotopic (exact) mass is 581 g/mol. The van der Waals surface area contributed by atoms with Gasteiger partial charge in [-0.1, -0.05) is 95.9 Å². The Morgan fingerprint density at radius 1 is 0.951 bits per heavy atom. The molecule has 1 N–H and O–H groups in total. The number of ketones is 1. The van der Waals surface area contributed by atoms with Crippen molar-refractivity contribution < 1.29 is 23.8 Å². The van der Waals surface area contributed by atoms with Gasteiger partial charge in [0.25, 0.3) is 5.91 Å². The molecule has 0 radical (unpaired) electrons. The summed E-state index contributed by atoms with van der Waals surface area (Å²) in [5.41, 5.74) is 2.59. The van der Waals surface area contributed by atoms with Gasteiger partial charge >= 0.3 is 0 Å². The molecular weight excluding hydrogens is 558 g/mol. The van der Waals surface area contributed by atoms with Crippen LogP contribution in [0.15, 0.2) is 123 Å². The summed E-state index contributed by atoms with van der Waals surface area (Å²) in [6.45, 7) is 0.343. The number of hydrogen-bond donors (Lipinski definition) is 1. The van der Waals surface area contributed by atoms with E-state index in [9.17, 15) is 14.7 Å². The van der Waals surface area contributed by atoms with Gasteiger partial charge in [0, 0.05) is 5.75 Å². The highest BCUT2D eigenvalue weighted by Gasteiger charge is 2.46. The van der Waals surface area contributed by atoms with E-state index in [1.54, 1.807) is 30.3 Å². The fourth-order valence-electron chi connectivity index (χ4n) is 4.48. The topological polar surface area (TPSA) is 106 Å². The van der Waals surface area contributed by atoms with Crippen molar-refractivity contribution in [1.82, 2.24) is 10.2 Å². The Hall–Kier alpha value is -4.67. The van der Waals surface area contributed by atoms with Gasteiger partial charge in [-0.3, -0.25) is 14.5 Å². The first-order valence-electron chi connectivity index (χ1n) is 12.7. The molecule has 0 spiro atoms. The molecule has 204 valence electrons. The van der Waals surface area contributed by atoms with Gasteiger partial charge in [-0.2, -0.15) is 0 Å². The van der Waals surface area contributed by atoms with Gasteiger partial charge in [0.2, 0.25) is 10.9 Å². The van der Waals surface area contributed by atoms with E-state index in [2.05, 4.69) is 10.2 Å². The number of hydrogen-bond acceptors (Lipinski definition) is 9. The number of thioether (sulfide) groups is 1. The number of carbonyl (C=O) groups is 2. The van der Waals surface area contributed by atoms with Gasteiger partial charge in [-0.05, 0) is 41.0 Å². The minimum atomic E-state index is -0.972. The van der Waals surface area contributed by atoms with Gasteiger partial charge in [-0.25, -0.2) is 0 Å². The maximum absolute atomic E-state index is 13.5. The standard InChI is InChI=1S/C31H23N3O5S2/c35-27(24-15-8-16-38-24)25-26(22-13-7-14-23(17-22)39-18-20-9-3-1-4-10-20)34(29(37)28(25)36)30-32-33-31(41-30)40-19-21-11-5-2-6-12-21/h1-17,26,36H,18-19H2. The number of amides is 1. The molecule has 41 heavy (non-hydrogen) atoms. The number of rotatable bonds is 10. The lowest BCUT2D eigenvalue weighted by Gasteiger charge is -2.24. The number of anilines is 1. The van der Waals surface area contributed by atoms with Crippen LogP contribution in [0.5, 0.6) is 5.75 Å². The molecule has 0 bridgehead atoms. The summed E-state index contributed by atoms with van der Waals surface area (Å²) in [4.78, 5) is 28.3. The minimum absolute atomic E-state index is 0.0130. The number of benzene rings is 3. The highest BCUT2D eigenvalue weighted by Crippen LogP contribution is 2.44. The number of aromatic nitrogens is 2. The van der Waals surface area contributed by atoms with Crippen molar-refractivity contribution in [2.75, 3.05) is 4.90 Å². The number of aliphatic hydroxyl groups is 1. The molecule has 5 aromatic rings. The second-order valence-electron chi connectivity index (χ2n) is 9.12. The lowest BCUT2D eigenvalue weighted by atomic mass is 9.95. The third-order valence-electron chi connectivity index (χ3n) is 6.43. The van der Waals surface area contributed by atoms with Gasteiger partial charge < -0.3 is 14.3 Å². The summed E-state index contributed by atoms with van der Waals surface area (Å²) in [6, 6.07) is 28.9. The number of furan rings is 1. The summed E-state index contributed by atoms with van der Waals surface area (Å²) < 4.78 is 12.0. The van der Waals surface area contributed by atoms with E-state index in [-0.39, 0.29) is 16.5 Å². The Balaban J connectivity index is 1.33. The lowest BCUT2D eigenvalue weighted by Crippen LogP contribution is -2.31. The molecule has 8 nitrogen and oxygen atoms in total. The van der Waals surface area contributed by atoms with Crippen molar-refractivity contribution in [1.29, 1.82) is 0 Å². The highest BCUT2D eigenvalue weighted by atomic mass is 32.2. The Labute approximate surface area is 243 Å². The molecule has 0 fully saturated rings. The third kappa shape index (κ3) is 5.65. The van der Waals surface area contributed by atoms with Crippen molar-refractivity contribution >= 4 is 39.9 Å². The Morgan fingerprint density at radius 3 is 2.44 bits per heavy atom. The summed E-state index contributed by atoms with van der Waals surface area (Å²) in [5, 5.41) is 19.8. The zero-order valence-corrected chi connectivity index (χ0v) is 23.2.